The SMILES string of the molecule is CC1CNCCN(C2CCOCC2)S1(=O)=O. The van der Waals surface area contributed by atoms with Crippen molar-refractivity contribution in [2.45, 2.75) is 31.1 Å². The Morgan fingerprint density at radius 1 is 1.31 bits per heavy atom. The van der Waals surface area contributed by atoms with E-state index in [0.717, 1.165) is 19.4 Å². The lowest BCUT2D eigenvalue weighted by Gasteiger charge is -2.33. The highest BCUT2D eigenvalue weighted by Crippen LogP contribution is 2.21. The van der Waals surface area contributed by atoms with Crippen molar-refractivity contribution in [2.24, 2.45) is 0 Å². The van der Waals surface area contributed by atoms with Crippen LogP contribution < -0.4 is 5.32 Å². The van der Waals surface area contributed by atoms with Crippen LogP contribution in [0.1, 0.15) is 19.8 Å². The van der Waals surface area contributed by atoms with E-state index in [2.05, 4.69) is 5.32 Å². The minimum atomic E-state index is -3.12. The van der Waals surface area contributed by atoms with Crippen molar-refractivity contribution in [3.05, 3.63) is 0 Å². The van der Waals surface area contributed by atoms with E-state index in [1.165, 1.54) is 0 Å². The molecule has 2 saturated heterocycles. The molecule has 2 aliphatic rings. The second kappa shape index (κ2) is 5.00. The molecule has 2 aliphatic heterocycles. The molecule has 1 N–H and O–H groups in total. The van der Waals surface area contributed by atoms with Crippen LogP contribution in [0, 0.1) is 0 Å². The van der Waals surface area contributed by atoms with Crippen LogP contribution in [0.3, 0.4) is 0 Å². The molecule has 0 aromatic heterocycles. The predicted molar refractivity (Wildman–Crippen MR) is 61.8 cm³/mol. The quantitative estimate of drug-likeness (QED) is 0.697. The van der Waals surface area contributed by atoms with Gasteiger partial charge < -0.3 is 10.1 Å². The molecule has 0 aromatic rings. The molecule has 1 atom stereocenters. The van der Waals surface area contributed by atoms with Gasteiger partial charge in [-0.2, -0.15) is 4.31 Å². The second-order valence-electron chi connectivity index (χ2n) is 4.51. The van der Waals surface area contributed by atoms with Gasteiger partial charge in [-0.25, -0.2) is 8.42 Å². The first kappa shape index (κ1) is 12.3. The Kier molecular flexibility index (Phi) is 3.84. The lowest BCUT2D eigenvalue weighted by Crippen LogP contribution is -2.46. The molecule has 1 unspecified atom stereocenters. The van der Waals surface area contributed by atoms with Gasteiger partial charge in [0.15, 0.2) is 0 Å². The number of rotatable bonds is 1. The molecule has 0 saturated carbocycles. The second-order valence-corrected chi connectivity index (χ2v) is 6.82. The van der Waals surface area contributed by atoms with E-state index in [1.807, 2.05) is 0 Å². The van der Waals surface area contributed by atoms with Gasteiger partial charge in [0.05, 0.1) is 5.25 Å². The van der Waals surface area contributed by atoms with E-state index in [1.54, 1.807) is 11.2 Å². The normalized spacial score (nSPS) is 33.4. The van der Waals surface area contributed by atoms with Gasteiger partial charge in [0.2, 0.25) is 10.0 Å². The summed E-state index contributed by atoms with van der Waals surface area (Å²) in [6.07, 6.45) is 1.65. The highest BCUT2D eigenvalue weighted by molar-refractivity contribution is 7.89. The largest absolute Gasteiger partial charge is 0.381 e. The Labute approximate surface area is 97.2 Å². The fourth-order valence-electron chi connectivity index (χ4n) is 2.32. The number of hydrogen-bond acceptors (Lipinski definition) is 4. The number of hydrogen-bond donors (Lipinski definition) is 1. The molecule has 0 amide bonds. The molecule has 2 heterocycles. The third-order valence-electron chi connectivity index (χ3n) is 3.37. The molecule has 2 rings (SSSR count). The zero-order valence-electron chi connectivity index (χ0n) is 9.68. The maximum atomic E-state index is 12.3. The van der Waals surface area contributed by atoms with Crippen molar-refractivity contribution >= 4 is 10.0 Å². The first-order chi connectivity index (χ1) is 7.62. The third-order valence-corrected chi connectivity index (χ3v) is 5.69. The minimum Gasteiger partial charge on any atom is -0.381 e. The summed E-state index contributed by atoms with van der Waals surface area (Å²) in [6.45, 7) is 5.04. The number of nitrogens with zero attached hydrogens (tertiary/aromatic N) is 1. The topological polar surface area (TPSA) is 58.6 Å². The van der Waals surface area contributed by atoms with Crippen LogP contribution in [-0.4, -0.2) is 56.9 Å². The van der Waals surface area contributed by atoms with Crippen LogP contribution in [0.25, 0.3) is 0 Å². The molecular formula is C10H20N2O3S. The molecule has 0 radical (unpaired) electrons. The number of nitrogens with one attached hydrogen (secondary N) is 1. The monoisotopic (exact) mass is 248 g/mol. The van der Waals surface area contributed by atoms with Crippen molar-refractivity contribution < 1.29 is 13.2 Å². The van der Waals surface area contributed by atoms with Crippen LogP contribution in [-0.2, 0) is 14.8 Å². The van der Waals surface area contributed by atoms with Gasteiger partial charge in [0.1, 0.15) is 0 Å². The molecule has 0 aromatic carbocycles. The fraction of sp³-hybridized carbons (Fsp3) is 1.00. The van der Waals surface area contributed by atoms with Gasteiger partial charge in [-0.1, -0.05) is 0 Å². The zero-order chi connectivity index (χ0) is 11.6. The van der Waals surface area contributed by atoms with Gasteiger partial charge >= 0.3 is 0 Å². The van der Waals surface area contributed by atoms with E-state index < -0.39 is 10.0 Å². The van der Waals surface area contributed by atoms with Gasteiger partial charge in [-0.15, -0.1) is 0 Å². The molecule has 6 heteroatoms. The zero-order valence-corrected chi connectivity index (χ0v) is 10.5. The Bertz CT molecular complexity index is 325. The van der Waals surface area contributed by atoms with Gasteiger partial charge in [-0.3, -0.25) is 0 Å². The van der Waals surface area contributed by atoms with Crippen LogP contribution in [0.15, 0.2) is 0 Å². The molecule has 0 aliphatic carbocycles. The van der Waals surface area contributed by atoms with Gasteiger partial charge in [0.25, 0.3) is 0 Å². The third kappa shape index (κ3) is 2.40. The molecule has 5 nitrogen and oxygen atoms in total. The molecule has 0 spiro atoms. The predicted octanol–water partition coefficient (Wildman–Crippen LogP) is -0.211. The van der Waals surface area contributed by atoms with Crippen LogP contribution >= 0.6 is 0 Å². The Morgan fingerprint density at radius 3 is 2.69 bits per heavy atom. The summed E-state index contributed by atoms with van der Waals surface area (Å²) in [7, 11) is -3.12. The summed E-state index contributed by atoms with van der Waals surface area (Å²) in [6, 6.07) is 0.140. The molecule has 16 heavy (non-hydrogen) atoms. The van der Waals surface area contributed by atoms with Crippen LogP contribution in [0.5, 0.6) is 0 Å². The highest BCUT2D eigenvalue weighted by atomic mass is 32.2. The van der Waals surface area contributed by atoms with Crippen molar-refractivity contribution in [1.29, 1.82) is 0 Å². The standard InChI is InChI=1S/C10H20N2O3S/c1-9-8-11-4-5-12(16(9,13)14)10-2-6-15-7-3-10/h9-11H,2-8H2,1H3. The summed E-state index contributed by atoms with van der Waals surface area (Å²) in [5.74, 6) is 0. The first-order valence-electron chi connectivity index (χ1n) is 5.91. The molecule has 94 valence electrons. The van der Waals surface area contributed by atoms with Crippen LogP contribution in [0.2, 0.25) is 0 Å². The lowest BCUT2D eigenvalue weighted by molar-refractivity contribution is 0.0590. The lowest BCUT2D eigenvalue weighted by atomic mass is 10.1. The average Bonchev–Trinajstić information content (AvgIpc) is 2.41. The summed E-state index contributed by atoms with van der Waals surface area (Å²) in [4.78, 5) is 0. The Morgan fingerprint density at radius 2 is 2.00 bits per heavy atom. The maximum absolute atomic E-state index is 12.3. The van der Waals surface area contributed by atoms with Crippen molar-refractivity contribution in [3.8, 4) is 0 Å². The molecular weight excluding hydrogens is 228 g/mol. The average molecular weight is 248 g/mol. The highest BCUT2D eigenvalue weighted by Gasteiger charge is 2.36. The minimum absolute atomic E-state index is 0.140. The van der Waals surface area contributed by atoms with Crippen molar-refractivity contribution in [3.63, 3.8) is 0 Å². The van der Waals surface area contributed by atoms with Gasteiger partial charge in [-0.05, 0) is 19.8 Å². The van der Waals surface area contributed by atoms with E-state index >= 15 is 0 Å². The number of ether oxygens (including phenoxy) is 1. The van der Waals surface area contributed by atoms with E-state index in [-0.39, 0.29) is 11.3 Å². The van der Waals surface area contributed by atoms with Gasteiger partial charge in [0, 0.05) is 38.9 Å². The molecule has 0 bridgehead atoms. The van der Waals surface area contributed by atoms with E-state index in [0.29, 0.717) is 26.3 Å². The number of sulfonamides is 1. The summed E-state index contributed by atoms with van der Waals surface area (Å²) in [5, 5.41) is 2.85. The Hall–Kier alpha value is -0.170. The summed E-state index contributed by atoms with van der Waals surface area (Å²) < 4.78 is 31.5. The summed E-state index contributed by atoms with van der Waals surface area (Å²) >= 11 is 0. The van der Waals surface area contributed by atoms with E-state index in [4.69, 9.17) is 4.74 Å². The van der Waals surface area contributed by atoms with Crippen molar-refractivity contribution in [1.82, 2.24) is 9.62 Å². The van der Waals surface area contributed by atoms with Crippen LogP contribution in [0.4, 0.5) is 0 Å². The smallest absolute Gasteiger partial charge is 0.218 e. The van der Waals surface area contributed by atoms with E-state index in [9.17, 15) is 8.42 Å². The van der Waals surface area contributed by atoms with Crippen molar-refractivity contribution in [2.75, 3.05) is 32.8 Å². The first-order valence-corrected chi connectivity index (χ1v) is 7.42. The molecule has 2 fully saturated rings. The fourth-order valence-corrected chi connectivity index (χ4v) is 4.08. The maximum Gasteiger partial charge on any atom is 0.218 e. The summed E-state index contributed by atoms with van der Waals surface area (Å²) in [5.41, 5.74) is 0. The Balaban J connectivity index is 2.16.